The van der Waals surface area contributed by atoms with Gasteiger partial charge < -0.3 is 15.7 Å². The predicted octanol–water partition coefficient (Wildman–Crippen LogP) is -0.238. The maximum atomic E-state index is 12.2. The van der Waals surface area contributed by atoms with Crippen molar-refractivity contribution in [1.82, 2.24) is 20.4 Å². The third-order valence-electron chi connectivity index (χ3n) is 3.55. The second-order valence-corrected chi connectivity index (χ2v) is 5.12. The fraction of sp³-hybridized carbons (Fsp3) is 0.667. The summed E-state index contributed by atoms with van der Waals surface area (Å²) in [6, 6.07) is 0. The SMILES string of the molecule is Cn1cc([C@H]2CNC[C@@H]2C(=O)NCC(O)C(F)(F)F)cn1. The number of nitrogens with zero attached hydrogens (tertiary/aromatic N) is 2. The van der Waals surface area contributed by atoms with Crippen LogP contribution in [-0.2, 0) is 11.8 Å². The van der Waals surface area contributed by atoms with Gasteiger partial charge in [0.05, 0.1) is 18.7 Å². The lowest BCUT2D eigenvalue weighted by Crippen LogP contribution is -2.43. The topological polar surface area (TPSA) is 79.2 Å². The summed E-state index contributed by atoms with van der Waals surface area (Å²) in [5, 5.41) is 18.1. The fourth-order valence-electron chi connectivity index (χ4n) is 2.38. The van der Waals surface area contributed by atoms with E-state index in [0.29, 0.717) is 13.1 Å². The average Bonchev–Trinajstić information content (AvgIpc) is 3.02. The largest absolute Gasteiger partial charge is 0.416 e. The van der Waals surface area contributed by atoms with Gasteiger partial charge in [0.15, 0.2) is 6.10 Å². The molecule has 1 aliphatic heterocycles. The van der Waals surface area contributed by atoms with Crippen LogP contribution in [0.4, 0.5) is 13.2 Å². The van der Waals surface area contributed by atoms with Crippen LogP contribution in [0, 0.1) is 5.92 Å². The summed E-state index contributed by atoms with van der Waals surface area (Å²) in [5.41, 5.74) is 0.860. The Hall–Kier alpha value is -1.61. The van der Waals surface area contributed by atoms with Crippen LogP contribution in [-0.4, -0.2) is 52.7 Å². The number of aryl methyl sites for hydroxylation is 1. The zero-order valence-corrected chi connectivity index (χ0v) is 11.4. The number of carbonyl (C=O) groups is 1. The molecule has 2 rings (SSSR count). The standard InChI is InChI=1S/C12H17F3N4O2/c1-19-6-7(2-18-19)8-3-16-4-9(8)11(21)17-5-10(20)12(13,14)15/h2,6,8-10,16,20H,3-5H2,1H3,(H,17,21)/t8-,9+,10?/m1/s1. The molecule has 1 saturated heterocycles. The second kappa shape index (κ2) is 6.02. The highest BCUT2D eigenvalue weighted by molar-refractivity contribution is 5.80. The van der Waals surface area contributed by atoms with Gasteiger partial charge in [-0.1, -0.05) is 0 Å². The molecule has 3 atom stereocenters. The average molecular weight is 306 g/mol. The van der Waals surface area contributed by atoms with Gasteiger partial charge in [0.1, 0.15) is 0 Å². The molecule has 0 bridgehead atoms. The number of nitrogens with one attached hydrogen (secondary N) is 2. The minimum Gasteiger partial charge on any atom is -0.382 e. The quantitative estimate of drug-likeness (QED) is 0.717. The van der Waals surface area contributed by atoms with E-state index in [9.17, 15) is 18.0 Å². The van der Waals surface area contributed by atoms with Gasteiger partial charge in [-0.2, -0.15) is 18.3 Å². The van der Waals surface area contributed by atoms with Crippen LogP contribution in [0.1, 0.15) is 11.5 Å². The van der Waals surface area contributed by atoms with Gasteiger partial charge in [0.2, 0.25) is 5.91 Å². The number of hydrogen-bond acceptors (Lipinski definition) is 4. The Bertz CT molecular complexity index is 503. The van der Waals surface area contributed by atoms with Crippen molar-refractivity contribution in [3.05, 3.63) is 18.0 Å². The Morgan fingerprint density at radius 1 is 1.62 bits per heavy atom. The van der Waals surface area contributed by atoms with Gasteiger partial charge >= 0.3 is 6.18 Å². The van der Waals surface area contributed by atoms with Gasteiger partial charge in [0, 0.05) is 32.3 Å². The summed E-state index contributed by atoms with van der Waals surface area (Å²) in [7, 11) is 1.75. The molecule has 3 N–H and O–H groups in total. The molecule has 1 amide bonds. The van der Waals surface area contributed by atoms with Crippen LogP contribution in [0.2, 0.25) is 0 Å². The summed E-state index contributed by atoms with van der Waals surface area (Å²) < 4.78 is 38.2. The molecule has 9 heteroatoms. The number of halogens is 3. The van der Waals surface area contributed by atoms with E-state index in [1.165, 1.54) is 0 Å². The molecular weight excluding hydrogens is 289 g/mol. The first-order valence-corrected chi connectivity index (χ1v) is 6.50. The highest BCUT2D eigenvalue weighted by atomic mass is 19.4. The Morgan fingerprint density at radius 2 is 2.33 bits per heavy atom. The van der Waals surface area contributed by atoms with Crippen LogP contribution in [0.25, 0.3) is 0 Å². The van der Waals surface area contributed by atoms with Crippen molar-refractivity contribution in [1.29, 1.82) is 0 Å². The highest BCUT2D eigenvalue weighted by Crippen LogP contribution is 2.28. The number of hydrogen-bond donors (Lipinski definition) is 3. The maximum Gasteiger partial charge on any atom is 0.416 e. The van der Waals surface area contributed by atoms with E-state index in [1.807, 2.05) is 0 Å². The van der Waals surface area contributed by atoms with Crippen molar-refractivity contribution in [2.24, 2.45) is 13.0 Å². The summed E-state index contributed by atoms with van der Waals surface area (Å²) in [6.45, 7) is 0.109. The first-order valence-electron chi connectivity index (χ1n) is 6.50. The van der Waals surface area contributed by atoms with E-state index in [0.717, 1.165) is 5.56 Å². The highest BCUT2D eigenvalue weighted by Gasteiger charge is 2.40. The van der Waals surface area contributed by atoms with Crippen LogP contribution in [0.15, 0.2) is 12.4 Å². The lowest BCUT2D eigenvalue weighted by atomic mass is 9.90. The Labute approximate surface area is 119 Å². The number of aromatic nitrogens is 2. The van der Waals surface area contributed by atoms with E-state index in [2.05, 4.69) is 15.7 Å². The zero-order chi connectivity index (χ0) is 15.6. The molecule has 0 saturated carbocycles. The summed E-state index contributed by atoms with van der Waals surface area (Å²) >= 11 is 0. The predicted molar refractivity (Wildman–Crippen MR) is 67.4 cm³/mol. The van der Waals surface area contributed by atoms with Crippen LogP contribution in [0.5, 0.6) is 0 Å². The van der Waals surface area contributed by atoms with Gasteiger partial charge in [-0.15, -0.1) is 0 Å². The number of carbonyl (C=O) groups excluding carboxylic acids is 1. The third kappa shape index (κ3) is 3.73. The van der Waals surface area contributed by atoms with E-state index < -0.39 is 30.7 Å². The van der Waals surface area contributed by atoms with Crippen molar-refractivity contribution < 1.29 is 23.1 Å². The molecule has 1 aromatic rings. The van der Waals surface area contributed by atoms with E-state index in [1.54, 1.807) is 24.1 Å². The first-order chi connectivity index (χ1) is 9.79. The smallest absolute Gasteiger partial charge is 0.382 e. The molecule has 0 spiro atoms. The van der Waals surface area contributed by atoms with Crippen molar-refractivity contribution in [2.45, 2.75) is 18.2 Å². The van der Waals surface area contributed by atoms with Crippen LogP contribution < -0.4 is 10.6 Å². The third-order valence-corrected chi connectivity index (χ3v) is 3.55. The molecule has 1 unspecified atom stereocenters. The number of amides is 1. The number of rotatable bonds is 4. The van der Waals surface area contributed by atoms with Crippen LogP contribution >= 0.6 is 0 Å². The van der Waals surface area contributed by atoms with Crippen molar-refractivity contribution in [3.8, 4) is 0 Å². The molecule has 118 valence electrons. The molecular formula is C12H17F3N4O2. The van der Waals surface area contributed by atoms with Crippen LogP contribution in [0.3, 0.4) is 0 Å². The Morgan fingerprint density at radius 3 is 2.90 bits per heavy atom. The molecule has 0 aliphatic carbocycles. The molecule has 0 radical (unpaired) electrons. The fourth-order valence-corrected chi connectivity index (χ4v) is 2.38. The monoisotopic (exact) mass is 306 g/mol. The Balaban J connectivity index is 1.95. The van der Waals surface area contributed by atoms with E-state index >= 15 is 0 Å². The van der Waals surface area contributed by atoms with Gasteiger partial charge in [-0.05, 0) is 5.56 Å². The minimum atomic E-state index is -4.73. The molecule has 21 heavy (non-hydrogen) atoms. The lowest BCUT2D eigenvalue weighted by Gasteiger charge is -2.19. The van der Waals surface area contributed by atoms with Gasteiger partial charge in [0.25, 0.3) is 0 Å². The molecule has 0 aromatic carbocycles. The molecule has 1 fully saturated rings. The second-order valence-electron chi connectivity index (χ2n) is 5.12. The van der Waals surface area contributed by atoms with Crippen molar-refractivity contribution in [3.63, 3.8) is 0 Å². The summed E-state index contributed by atoms with van der Waals surface area (Å²) in [6.07, 6.45) is -3.86. The summed E-state index contributed by atoms with van der Waals surface area (Å²) in [4.78, 5) is 12.0. The zero-order valence-electron chi connectivity index (χ0n) is 11.4. The lowest BCUT2D eigenvalue weighted by molar-refractivity contribution is -0.202. The normalized spacial score (nSPS) is 24.0. The molecule has 1 aliphatic rings. The van der Waals surface area contributed by atoms with Gasteiger partial charge in [-0.3, -0.25) is 9.48 Å². The Kier molecular flexibility index (Phi) is 4.52. The minimum absolute atomic E-state index is 0.137. The molecule has 1 aromatic heterocycles. The first kappa shape index (κ1) is 15.8. The molecule has 2 heterocycles. The van der Waals surface area contributed by atoms with E-state index in [-0.39, 0.29) is 5.92 Å². The molecule has 6 nitrogen and oxygen atoms in total. The summed E-state index contributed by atoms with van der Waals surface area (Å²) in [5.74, 6) is -1.12. The number of aliphatic hydroxyl groups excluding tert-OH is 1. The van der Waals surface area contributed by atoms with Gasteiger partial charge in [-0.25, -0.2) is 0 Å². The number of aliphatic hydroxyl groups is 1. The van der Waals surface area contributed by atoms with E-state index in [4.69, 9.17) is 5.11 Å². The maximum absolute atomic E-state index is 12.2. The van der Waals surface area contributed by atoms with Crippen molar-refractivity contribution in [2.75, 3.05) is 19.6 Å². The number of alkyl halides is 3. The van der Waals surface area contributed by atoms with Crippen molar-refractivity contribution >= 4 is 5.91 Å².